The minimum absolute atomic E-state index is 0.00330. The van der Waals surface area contributed by atoms with Crippen LogP contribution in [0.4, 0.5) is 0 Å². The molecule has 0 spiro atoms. The maximum Gasteiger partial charge on any atom is 0.225 e. The molecule has 0 unspecified atom stereocenters. The number of hydrogen-bond donors (Lipinski definition) is 1. The lowest BCUT2D eigenvalue weighted by Gasteiger charge is -2.23. The molecule has 1 aromatic heterocycles. The van der Waals surface area contributed by atoms with E-state index < -0.39 is 0 Å². The number of carbonyl (C=O) groups is 2. The van der Waals surface area contributed by atoms with E-state index in [0.717, 1.165) is 11.4 Å². The summed E-state index contributed by atoms with van der Waals surface area (Å²) in [6.45, 7) is 4.12. The van der Waals surface area contributed by atoms with Crippen molar-refractivity contribution in [2.24, 2.45) is 0 Å². The lowest BCUT2D eigenvalue weighted by Crippen LogP contribution is -2.40. The van der Waals surface area contributed by atoms with Crippen LogP contribution in [0.25, 0.3) is 0 Å². The molecule has 1 heterocycles. The highest BCUT2D eigenvalue weighted by molar-refractivity contribution is 7.10. The lowest BCUT2D eigenvalue weighted by molar-refractivity contribution is -0.129. The third-order valence-electron chi connectivity index (χ3n) is 2.88. The van der Waals surface area contributed by atoms with Crippen LogP contribution < -0.4 is 5.32 Å². The van der Waals surface area contributed by atoms with E-state index in [0.29, 0.717) is 26.1 Å². The van der Waals surface area contributed by atoms with Crippen LogP contribution >= 0.6 is 11.3 Å². The van der Waals surface area contributed by atoms with Gasteiger partial charge in [0.2, 0.25) is 11.8 Å². The fourth-order valence-corrected chi connectivity index (χ4v) is 2.42. The van der Waals surface area contributed by atoms with Crippen molar-refractivity contribution >= 4 is 23.2 Å². The second-order valence-corrected chi connectivity index (χ2v) is 5.95. The summed E-state index contributed by atoms with van der Waals surface area (Å²) in [5.41, 5.74) is 0. The van der Waals surface area contributed by atoms with Gasteiger partial charge in [-0.05, 0) is 25.5 Å². The highest BCUT2D eigenvalue weighted by Gasteiger charge is 2.09. The van der Waals surface area contributed by atoms with Gasteiger partial charge in [-0.25, -0.2) is 0 Å². The van der Waals surface area contributed by atoms with Crippen LogP contribution in [0.15, 0.2) is 17.5 Å². The minimum Gasteiger partial charge on any atom is -0.354 e. The van der Waals surface area contributed by atoms with Crippen molar-refractivity contribution in [2.45, 2.75) is 13.3 Å². The highest BCUT2D eigenvalue weighted by Crippen LogP contribution is 2.08. The molecule has 0 aromatic carbocycles. The van der Waals surface area contributed by atoms with E-state index >= 15 is 0 Å². The highest BCUT2D eigenvalue weighted by atomic mass is 32.1. The Bertz CT molecular complexity index is 418. The summed E-state index contributed by atoms with van der Waals surface area (Å²) in [6, 6.07) is 3.88. The van der Waals surface area contributed by atoms with Crippen molar-refractivity contribution in [3.63, 3.8) is 0 Å². The second-order valence-electron chi connectivity index (χ2n) is 4.92. The van der Waals surface area contributed by atoms with Gasteiger partial charge in [0.25, 0.3) is 0 Å². The number of thiophene rings is 1. The van der Waals surface area contributed by atoms with Gasteiger partial charge in [0.05, 0.1) is 6.42 Å². The molecule has 1 aromatic rings. The van der Waals surface area contributed by atoms with Crippen LogP contribution in [-0.4, -0.2) is 61.9 Å². The molecule has 0 aliphatic heterocycles. The zero-order valence-electron chi connectivity index (χ0n) is 12.4. The Morgan fingerprint density at radius 1 is 1.25 bits per heavy atom. The molecule has 2 amide bonds. The summed E-state index contributed by atoms with van der Waals surface area (Å²) in [6.07, 6.45) is 0.412. The first-order chi connectivity index (χ1) is 9.49. The zero-order valence-corrected chi connectivity index (χ0v) is 13.2. The van der Waals surface area contributed by atoms with Crippen LogP contribution in [-0.2, 0) is 16.0 Å². The molecule has 0 aliphatic rings. The summed E-state index contributed by atoms with van der Waals surface area (Å²) in [5, 5.41) is 4.81. The van der Waals surface area contributed by atoms with E-state index in [9.17, 15) is 9.59 Å². The number of likely N-dealkylation sites (N-methyl/N-ethyl adjacent to an activating group) is 1. The Kier molecular flexibility index (Phi) is 7.25. The Labute approximate surface area is 124 Å². The molecule has 112 valence electrons. The average molecular weight is 297 g/mol. The van der Waals surface area contributed by atoms with Crippen molar-refractivity contribution < 1.29 is 9.59 Å². The Morgan fingerprint density at radius 3 is 2.55 bits per heavy atom. The number of nitrogens with zero attached hydrogens (tertiary/aromatic N) is 2. The molecule has 5 nitrogen and oxygen atoms in total. The average Bonchev–Trinajstić information content (AvgIpc) is 2.85. The van der Waals surface area contributed by atoms with Gasteiger partial charge in [-0.3, -0.25) is 9.59 Å². The van der Waals surface area contributed by atoms with Gasteiger partial charge in [-0.1, -0.05) is 6.07 Å². The van der Waals surface area contributed by atoms with E-state index in [1.54, 1.807) is 23.2 Å². The first-order valence-electron chi connectivity index (χ1n) is 6.68. The van der Waals surface area contributed by atoms with Crippen molar-refractivity contribution in [1.29, 1.82) is 0 Å². The summed E-state index contributed by atoms with van der Waals surface area (Å²) >= 11 is 1.58. The van der Waals surface area contributed by atoms with E-state index in [1.807, 2.05) is 36.5 Å². The van der Waals surface area contributed by atoms with Crippen molar-refractivity contribution in [3.8, 4) is 0 Å². The van der Waals surface area contributed by atoms with Gasteiger partial charge in [0, 0.05) is 38.0 Å². The normalized spacial score (nSPS) is 10.6. The smallest absolute Gasteiger partial charge is 0.225 e. The number of hydrogen-bond acceptors (Lipinski definition) is 4. The third-order valence-corrected chi connectivity index (χ3v) is 3.76. The van der Waals surface area contributed by atoms with Crippen LogP contribution in [0.5, 0.6) is 0 Å². The number of carbonyl (C=O) groups excluding carboxylic acids is 2. The van der Waals surface area contributed by atoms with E-state index in [1.165, 1.54) is 0 Å². The van der Waals surface area contributed by atoms with Gasteiger partial charge in [-0.15, -0.1) is 11.3 Å². The van der Waals surface area contributed by atoms with E-state index in [4.69, 9.17) is 0 Å². The molecule has 0 radical (unpaired) electrons. The summed E-state index contributed by atoms with van der Waals surface area (Å²) in [4.78, 5) is 28.0. The second kappa shape index (κ2) is 8.71. The predicted octanol–water partition coefficient (Wildman–Crippen LogP) is 0.817. The molecule has 20 heavy (non-hydrogen) atoms. The zero-order chi connectivity index (χ0) is 15.0. The maximum atomic E-state index is 11.7. The van der Waals surface area contributed by atoms with E-state index in [2.05, 4.69) is 5.32 Å². The first kappa shape index (κ1) is 16.7. The van der Waals surface area contributed by atoms with Gasteiger partial charge >= 0.3 is 0 Å². The van der Waals surface area contributed by atoms with E-state index in [-0.39, 0.29) is 11.8 Å². The monoisotopic (exact) mass is 297 g/mol. The summed E-state index contributed by atoms with van der Waals surface area (Å²) in [7, 11) is 3.95. The predicted molar refractivity (Wildman–Crippen MR) is 81.8 cm³/mol. The molecular weight excluding hydrogens is 274 g/mol. The summed E-state index contributed by atoms with van der Waals surface area (Å²) in [5.74, 6) is 0.0444. The lowest BCUT2D eigenvalue weighted by atomic mass is 10.3. The van der Waals surface area contributed by atoms with Gasteiger partial charge < -0.3 is 15.1 Å². The minimum atomic E-state index is 0.00330. The van der Waals surface area contributed by atoms with Crippen molar-refractivity contribution in [3.05, 3.63) is 22.4 Å². The molecule has 6 heteroatoms. The molecule has 0 bridgehead atoms. The number of amides is 2. The first-order valence-corrected chi connectivity index (χ1v) is 7.56. The van der Waals surface area contributed by atoms with Crippen LogP contribution in [0.1, 0.15) is 11.8 Å². The number of rotatable bonds is 8. The fourth-order valence-electron chi connectivity index (χ4n) is 1.71. The van der Waals surface area contributed by atoms with Gasteiger partial charge in [0.1, 0.15) is 0 Å². The van der Waals surface area contributed by atoms with Crippen molar-refractivity contribution in [2.75, 3.05) is 40.3 Å². The molecule has 1 rings (SSSR count). The summed E-state index contributed by atoms with van der Waals surface area (Å²) < 4.78 is 0. The van der Waals surface area contributed by atoms with Crippen LogP contribution in [0.3, 0.4) is 0 Å². The molecule has 1 N–H and O–H groups in total. The topological polar surface area (TPSA) is 52.7 Å². The molecule has 0 saturated carbocycles. The van der Waals surface area contributed by atoms with Crippen LogP contribution in [0, 0.1) is 0 Å². The third kappa shape index (κ3) is 6.68. The van der Waals surface area contributed by atoms with Gasteiger partial charge in [0.15, 0.2) is 0 Å². The molecule has 0 saturated heterocycles. The quantitative estimate of drug-likeness (QED) is 0.773. The largest absolute Gasteiger partial charge is 0.354 e. The van der Waals surface area contributed by atoms with Gasteiger partial charge in [-0.2, -0.15) is 0 Å². The standard InChI is InChI=1S/C14H23N3O2S/c1-12(18)17(9-8-16(2)3)7-6-15-14(19)11-13-5-4-10-20-13/h4-5,10H,6-9,11H2,1-3H3,(H,15,19). The Balaban J connectivity index is 2.25. The maximum absolute atomic E-state index is 11.7. The molecule has 0 atom stereocenters. The molecule has 0 aliphatic carbocycles. The van der Waals surface area contributed by atoms with Crippen LogP contribution in [0.2, 0.25) is 0 Å². The molecular formula is C14H23N3O2S. The van der Waals surface area contributed by atoms with Crippen molar-refractivity contribution in [1.82, 2.24) is 15.1 Å². The number of nitrogens with one attached hydrogen (secondary N) is 1. The Morgan fingerprint density at radius 2 is 2.00 bits per heavy atom. The molecule has 0 fully saturated rings. The fraction of sp³-hybridized carbons (Fsp3) is 0.571. The Hall–Kier alpha value is -1.40. The SMILES string of the molecule is CC(=O)N(CCNC(=O)Cc1cccs1)CCN(C)C.